The number of benzene rings is 1. The van der Waals surface area contributed by atoms with Gasteiger partial charge >= 0.3 is 0 Å². The third-order valence-electron chi connectivity index (χ3n) is 2.36. The molecule has 1 atom stereocenters. The fourth-order valence-electron chi connectivity index (χ4n) is 1.61. The molecule has 0 aromatic heterocycles. The fourth-order valence-corrected chi connectivity index (χ4v) is 1.61. The van der Waals surface area contributed by atoms with Crippen molar-refractivity contribution in [2.75, 3.05) is 14.2 Å². The van der Waals surface area contributed by atoms with Crippen LogP contribution in [0.3, 0.4) is 0 Å². The van der Waals surface area contributed by atoms with Crippen molar-refractivity contribution in [2.24, 2.45) is 0 Å². The van der Waals surface area contributed by atoms with Crippen molar-refractivity contribution in [3.05, 3.63) is 23.3 Å². The van der Waals surface area contributed by atoms with Crippen LogP contribution in [0, 0.1) is 6.92 Å². The van der Waals surface area contributed by atoms with Crippen molar-refractivity contribution >= 4 is 0 Å². The van der Waals surface area contributed by atoms with E-state index >= 15 is 0 Å². The molecule has 1 aromatic rings. The largest absolute Gasteiger partial charge is 0.497 e. The molecule has 0 saturated carbocycles. The molecule has 0 heterocycles. The molecule has 1 aromatic carbocycles. The van der Waals surface area contributed by atoms with Gasteiger partial charge in [-0.2, -0.15) is 0 Å². The van der Waals surface area contributed by atoms with Crippen LogP contribution in [0.15, 0.2) is 12.1 Å². The van der Waals surface area contributed by atoms with Gasteiger partial charge in [0.2, 0.25) is 0 Å². The predicted octanol–water partition coefficient (Wildman–Crippen LogP) is 1.94. The van der Waals surface area contributed by atoms with Crippen LogP contribution in [0.5, 0.6) is 11.5 Å². The monoisotopic (exact) mass is 210 g/mol. The standard InChI is InChI=1S/C12H18O3/c1-8-5-10(14-3)7-12(15-4)11(8)6-9(2)13/h5,7,9,13H,6H2,1-4H3. The Bertz CT molecular complexity index is 332. The van der Waals surface area contributed by atoms with E-state index in [1.165, 1.54) is 0 Å². The van der Waals surface area contributed by atoms with Crippen LogP contribution in [0.2, 0.25) is 0 Å². The van der Waals surface area contributed by atoms with E-state index in [9.17, 15) is 5.11 Å². The molecule has 0 spiro atoms. The Labute approximate surface area is 90.6 Å². The molecule has 0 aliphatic heterocycles. The van der Waals surface area contributed by atoms with Gasteiger partial charge in [-0.1, -0.05) is 0 Å². The molecule has 0 radical (unpaired) electrons. The van der Waals surface area contributed by atoms with Gasteiger partial charge in [0.1, 0.15) is 11.5 Å². The van der Waals surface area contributed by atoms with Crippen molar-refractivity contribution in [1.82, 2.24) is 0 Å². The molecule has 1 unspecified atom stereocenters. The maximum atomic E-state index is 9.39. The molecule has 15 heavy (non-hydrogen) atoms. The summed E-state index contributed by atoms with van der Waals surface area (Å²) in [6.07, 6.45) is 0.227. The zero-order chi connectivity index (χ0) is 11.4. The summed E-state index contributed by atoms with van der Waals surface area (Å²) in [5, 5.41) is 9.39. The molecule has 0 fully saturated rings. The normalized spacial score (nSPS) is 12.3. The second kappa shape index (κ2) is 5.03. The SMILES string of the molecule is COc1cc(C)c(CC(C)O)c(OC)c1. The molecular formula is C12H18O3. The molecule has 3 heteroatoms. The van der Waals surface area contributed by atoms with Gasteiger partial charge in [0.25, 0.3) is 0 Å². The Hall–Kier alpha value is -1.22. The van der Waals surface area contributed by atoms with Gasteiger partial charge in [-0.3, -0.25) is 0 Å². The molecule has 1 N–H and O–H groups in total. The maximum absolute atomic E-state index is 9.39. The van der Waals surface area contributed by atoms with Crippen LogP contribution >= 0.6 is 0 Å². The Kier molecular flexibility index (Phi) is 3.97. The van der Waals surface area contributed by atoms with E-state index < -0.39 is 0 Å². The van der Waals surface area contributed by atoms with Crippen LogP contribution in [0.1, 0.15) is 18.1 Å². The van der Waals surface area contributed by atoms with Crippen molar-refractivity contribution in [2.45, 2.75) is 26.4 Å². The van der Waals surface area contributed by atoms with Crippen LogP contribution < -0.4 is 9.47 Å². The summed E-state index contributed by atoms with van der Waals surface area (Å²) in [7, 11) is 3.25. The highest BCUT2D eigenvalue weighted by Gasteiger charge is 2.11. The van der Waals surface area contributed by atoms with Crippen LogP contribution in [-0.4, -0.2) is 25.4 Å². The van der Waals surface area contributed by atoms with E-state index in [4.69, 9.17) is 9.47 Å². The lowest BCUT2D eigenvalue weighted by Crippen LogP contribution is -2.07. The summed E-state index contributed by atoms with van der Waals surface area (Å²) in [5.41, 5.74) is 2.11. The van der Waals surface area contributed by atoms with E-state index in [-0.39, 0.29) is 6.10 Å². The topological polar surface area (TPSA) is 38.7 Å². The van der Waals surface area contributed by atoms with E-state index in [1.54, 1.807) is 21.1 Å². The lowest BCUT2D eigenvalue weighted by molar-refractivity contribution is 0.194. The molecule has 0 aliphatic rings. The zero-order valence-electron chi connectivity index (χ0n) is 9.70. The number of hydrogen-bond acceptors (Lipinski definition) is 3. The number of rotatable bonds is 4. The van der Waals surface area contributed by atoms with Gasteiger partial charge in [-0.15, -0.1) is 0 Å². The number of aliphatic hydroxyl groups is 1. The minimum Gasteiger partial charge on any atom is -0.497 e. The van der Waals surface area contributed by atoms with E-state index in [0.717, 1.165) is 22.6 Å². The number of ether oxygens (including phenoxy) is 2. The quantitative estimate of drug-likeness (QED) is 0.825. The molecule has 0 aliphatic carbocycles. The maximum Gasteiger partial charge on any atom is 0.126 e. The summed E-state index contributed by atoms with van der Waals surface area (Å²) in [4.78, 5) is 0. The lowest BCUT2D eigenvalue weighted by atomic mass is 10.0. The number of aryl methyl sites for hydroxylation is 1. The second-order valence-electron chi connectivity index (χ2n) is 3.68. The summed E-state index contributed by atoms with van der Waals surface area (Å²) >= 11 is 0. The summed E-state index contributed by atoms with van der Waals surface area (Å²) in [6, 6.07) is 3.78. The van der Waals surface area contributed by atoms with E-state index in [1.807, 2.05) is 19.1 Å². The Morgan fingerprint density at radius 1 is 1.27 bits per heavy atom. The number of methoxy groups -OCH3 is 2. The summed E-state index contributed by atoms with van der Waals surface area (Å²) < 4.78 is 10.4. The summed E-state index contributed by atoms with van der Waals surface area (Å²) in [5.74, 6) is 1.55. The molecule has 0 amide bonds. The molecule has 0 bridgehead atoms. The highest BCUT2D eigenvalue weighted by Crippen LogP contribution is 2.29. The summed E-state index contributed by atoms with van der Waals surface area (Å²) in [6.45, 7) is 3.76. The minimum absolute atomic E-state index is 0.369. The van der Waals surface area contributed by atoms with Crippen molar-refractivity contribution in [1.29, 1.82) is 0 Å². The van der Waals surface area contributed by atoms with Crippen LogP contribution in [0.25, 0.3) is 0 Å². The molecule has 0 saturated heterocycles. The van der Waals surface area contributed by atoms with Gasteiger partial charge in [-0.05, 0) is 31.0 Å². The minimum atomic E-state index is -0.369. The van der Waals surface area contributed by atoms with Crippen LogP contribution in [0.4, 0.5) is 0 Å². The first-order chi connectivity index (χ1) is 7.08. The van der Waals surface area contributed by atoms with Crippen molar-refractivity contribution < 1.29 is 14.6 Å². The van der Waals surface area contributed by atoms with Gasteiger partial charge in [-0.25, -0.2) is 0 Å². The highest BCUT2D eigenvalue weighted by molar-refractivity contribution is 5.46. The molecular weight excluding hydrogens is 192 g/mol. The molecule has 84 valence electrons. The lowest BCUT2D eigenvalue weighted by Gasteiger charge is -2.14. The third-order valence-corrected chi connectivity index (χ3v) is 2.36. The number of hydrogen-bond donors (Lipinski definition) is 1. The second-order valence-corrected chi connectivity index (χ2v) is 3.68. The van der Waals surface area contributed by atoms with E-state index in [2.05, 4.69) is 0 Å². The first-order valence-corrected chi connectivity index (χ1v) is 4.98. The van der Waals surface area contributed by atoms with Crippen molar-refractivity contribution in [3.63, 3.8) is 0 Å². The first-order valence-electron chi connectivity index (χ1n) is 4.98. The van der Waals surface area contributed by atoms with E-state index in [0.29, 0.717) is 6.42 Å². The van der Waals surface area contributed by atoms with Gasteiger partial charge in [0.05, 0.1) is 20.3 Å². The Balaban J connectivity index is 3.12. The predicted molar refractivity (Wildman–Crippen MR) is 59.7 cm³/mol. The average Bonchev–Trinajstić information content (AvgIpc) is 2.20. The van der Waals surface area contributed by atoms with Gasteiger partial charge in [0, 0.05) is 12.5 Å². The van der Waals surface area contributed by atoms with Crippen molar-refractivity contribution in [3.8, 4) is 11.5 Å². The van der Waals surface area contributed by atoms with Gasteiger partial charge < -0.3 is 14.6 Å². The van der Waals surface area contributed by atoms with Crippen LogP contribution in [-0.2, 0) is 6.42 Å². The average molecular weight is 210 g/mol. The van der Waals surface area contributed by atoms with Gasteiger partial charge in [0.15, 0.2) is 0 Å². The Morgan fingerprint density at radius 3 is 2.40 bits per heavy atom. The smallest absolute Gasteiger partial charge is 0.126 e. The highest BCUT2D eigenvalue weighted by atomic mass is 16.5. The number of aliphatic hydroxyl groups excluding tert-OH is 1. The first kappa shape index (κ1) is 11.9. The zero-order valence-corrected chi connectivity index (χ0v) is 9.70. The fraction of sp³-hybridized carbons (Fsp3) is 0.500. The Morgan fingerprint density at radius 2 is 1.93 bits per heavy atom. The molecule has 1 rings (SSSR count). The third kappa shape index (κ3) is 2.86. The molecule has 3 nitrogen and oxygen atoms in total.